The number of hydrogen-bond donors (Lipinski definition) is 1. The van der Waals surface area contributed by atoms with Gasteiger partial charge >= 0.3 is 173 Å². The first-order valence-electron chi connectivity index (χ1n) is 9.24. The van der Waals surface area contributed by atoms with E-state index in [-0.39, 0.29) is 5.41 Å². The van der Waals surface area contributed by atoms with Crippen LogP contribution in [0.15, 0.2) is 42.5 Å². The Morgan fingerprint density at radius 1 is 1.15 bits per heavy atom. The predicted molar refractivity (Wildman–Crippen MR) is 117 cm³/mol. The van der Waals surface area contributed by atoms with Crippen LogP contribution in [0, 0.1) is 0 Å². The molecule has 0 aromatic heterocycles. The first kappa shape index (κ1) is 21.9. The van der Waals surface area contributed by atoms with Crippen LogP contribution in [0.5, 0.6) is 0 Å². The van der Waals surface area contributed by atoms with Gasteiger partial charge in [-0.2, -0.15) is 0 Å². The standard InChI is InChI=1S/C22H29AsClNO2/c1-6-13-27-21(26)25-20-12-11-18(14-19(20)24)23(5)15-16-7-9-17(10-8-16)22(2,3)4/h7-12,14H,6,13,15H2,1-5H3,(H,25,26). The Labute approximate surface area is 172 Å². The maximum absolute atomic E-state index is 11.7. The second-order valence-corrected chi connectivity index (χ2v) is 12.8. The summed E-state index contributed by atoms with van der Waals surface area (Å²) >= 11 is 5.13. The molecule has 0 radical (unpaired) electrons. The Kier molecular flexibility index (Phi) is 7.82. The molecule has 0 aliphatic heterocycles. The number of amides is 1. The molecule has 0 bridgehead atoms. The van der Waals surface area contributed by atoms with Gasteiger partial charge in [-0.1, -0.05) is 0 Å². The van der Waals surface area contributed by atoms with Crippen molar-refractivity contribution in [3.8, 4) is 0 Å². The molecule has 2 aromatic rings. The molecule has 0 aliphatic carbocycles. The van der Waals surface area contributed by atoms with Gasteiger partial charge in [-0.05, 0) is 0 Å². The van der Waals surface area contributed by atoms with E-state index in [0.717, 1.165) is 11.6 Å². The van der Waals surface area contributed by atoms with E-state index in [1.165, 1.54) is 15.5 Å². The van der Waals surface area contributed by atoms with Crippen molar-refractivity contribution in [2.24, 2.45) is 0 Å². The van der Waals surface area contributed by atoms with Crippen molar-refractivity contribution in [2.45, 2.75) is 50.5 Å². The van der Waals surface area contributed by atoms with Crippen LogP contribution in [-0.2, 0) is 15.4 Å². The number of ether oxygens (including phenoxy) is 1. The van der Waals surface area contributed by atoms with Crippen LogP contribution in [0.4, 0.5) is 10.5 Å². The molecule has 0 saturated carbocycles. The fourth-order valence-electron chi connectivity index (χ4n) is 2.66. The Morgan fingerprint density at radius 3 is 2.37 bits per heavy atom. The van der Waals surface area contributed by atoms with E-state index in [0.29, 0.717) is 17.3 Å². The first-order chi connectivity index (χ1) is 12.7. The number of hydrogen-bond acceptors (Lipinski definition) is 2. The summed E-state index contributed by atoms with van der Waals surface area (Å²) in [5, 5.41) is 4.35. The minimum absolute atomic E-state index is 0.177. The zero-order chi connectivity index (χ0) is 20.0. The van der Waals surface area contributed by atoms with Gasteiger partial charge in [0, 0.05) is 0 Å². The normalized spacial score (nSPS) is 12.5. The predicted octanol–water partition coefficient (Wildman–Crippen LogP) is 5.71. The average molecular weight is 450 g/mol. The topological polar surface area (TPSA) is 38.3 Å². The molecule has 0 aliphatic rings. The van der Waals surface area contributed by atoms with E-state index >= 15 is 0 Å². The van der Waals surface area contributed by atoms with Gasteiger partial charge in [0.05, 0.1) is 0 Å². The Bertz CT molecular complexity index is 769. The molecule has 0 saturated heterocycles. The summed E-state index contributed by atoms with van der Waals surface area (Å²) in [5.41, 5.74) is 5.83. The van der Waals surface area contributed by atoms with E-state index in [1.54, 1.807) is 0 Å². The van der Waals surface area contributed by atoms with Crippen molar-refractivity contribution in [3.05, 3.63) is 58.6 Å². The Balaban J connectivity index is 2.03. The van der Waals surface area contributed by atoms with Crippen molar-refractivity contribution >= 4 is 42.4 Å². The second kappa shape index (κ2) is 9.66. The van der Waals surface area contributed by atoms with Crippen LogP contribution in [0.1, 0.15) is 45.2 Å². The monoisotopic (exact) mass is 449 g/mol. The fraction of sp³-hybridized carbons (Fsp3) is 0.409. The third-order valence-electron chi connectivity index (χ3n) is 4.31. The van der Waals surface area contributed by atoms with Crippen molar-refractivity contribution in [1.29, 1.82) is 0 Å². The van der Waals surface area contributed by atoms with Crippen LogP contribution in [0.3, 0.4) is 0 Å². The maximum atomic E-state index is 11.7. The van der Waals surface area contributed by atoms with Gasteiger partial charge in [-0.25, -0.2) is 0 Å². The summed E-state index contributed by atoms with van der Waals surface area (Å²) in [5.74, 6) is 0. The van der Waals surface area contributed by atoms with Crippen LogP contribution in [0.2, 0.25) is 10.7 Å². The zero-order valence-electron chi connectivity index (χ0n) is 16.8. The number of nitrogens with one attached hydrogen (secondary N) is 1. The van der Waals surface area contributed by atoms with Gasteiger partial charge in [0.2, 0.25) is 0 Å². The van der Waals surface area contributed by atoms with E-state index in [2.05, 4.69) is 62.1 Å². The number of carbonyl (C=O) groups is 1. The number of halogens is 1. The molecule has 3 nitrogen and oxygen atoms in total. The molecule has 0 spiro atoms. The van der Waals surface area contributed by atoms with E-state index in [9.17, 15) is 4.79 Å². The van der Waals surface area contributed by atoms with E-state index in [4.69, 9.17) is 16.3 Å². The molecular formula is C22H29AsClNO2. The Hall–Kier alpha value is -1.44. The molecule has 27 heavy (non-hydrogen) atoms. The summed E-state index contributed by atoms with van der Waals surface area (Å²) in [6.45, 7) is 9.05. The number of rotatable bonds is 6. The van der Waals surface area contributed by atoms with Crippen LogP contribution >= 0.6 is 11.6 Å². The molecule has 1 unspecified atom stereocenters. The first-order valence-corrected chi connectivity index (χ1v) is 13.8. The van der Waals surface area contributed by atoms with Gasteiger partial charge in [0.1, 0.15) is 0 Å². The molecule has 1 atom stereocenters. The summed E-state index contributed by atoms with van der Waals surface area (Å²) < 4.78 is 6.33. The van der Waals surface area contributed by atoms with Gasteiger partial charge in [0.15, 0.2) is 0 Å². The molecule has 2 aromatic carbocycles. The van der Waals surface area contributed by atoms with Crippen molar-refractivity contribution in [2.75, 3.05) is 11.9 Å². The summed E-state index contributed by atoms with van der Waals surface area (Å²) in [7, 11) is 0. The average Bonchev–Trinajstić information content (AvgIpc) is 2.61. The van der Waals surface area contributed by atoms with Crippen molar-refractivity contribution < 1.29 is 9.53 Å². The Morgan fingerprint density at radius 2 is 1.81 bits per heavy atom. The molecule has 1 N–H and O–H groups in total. The minimum atomic E-state index is -1.25. The van der Waals surface area contributed by atoms with Gasteiger partial charge in [-0.3, -0.25) is 0 Å². The molecule has 5 heteroatoms. The van der Waals surface area contributed by atoms with Crippen LogP contribution in [-0.4, -0.2) is 27.4 Å². The van der Waals surface area contributed by atoms with E-state index < -0.39 is 20.7 Å². The number of anilines is 1. The molecular weight excluding hydrogens is 421 g/mol. The summed E-state index contributed by atoms with van der Waals surface area (Å²) in [6, 6.07) is 14.9. The molecule has 0 fully saturated rings. The zero-order valence-corrected chi connectivity index (χ0v) is 19.4. The van der Waals surface area contributed by atoms with Crippen molar-refractivity contribution in [1.82, 2.24) is 0 Å². The van der Waals surface area contributed by atoms with E-state index in [1.807, 2.05) is 19.1 Å². The van der Waals surface area contributed by atoms with Gasteiger partial charge < -0.3 is 0 Å². The molecule has 146 valence electrons. The third kappa shape index (κ3) is 6.59. The number of benzene rings is 2. The SMILES string of the molecule is CCCOC(=O)Nc1ccc([As](C)Cc2ccc(C(C)(C)C)cc2)cc1Cl. The van der Waals surface area contributed by atoms with Crippen molar-refractivity contribution in [3.63, 3.8) is 0 Å². The van der Waals surface area contributed by atoms with Gasteiger partial charge in [-0.15, -0.1) is 0 Å². The molecule has 1 amide bonds. The van der Waals surface area contributed by atoms with Crippen LogP contribution in [0.25, 0.3) is 0 Å². The third-order valence-corrected chi connectivity index (χ3v) is 8.81. The second-order valence-electron chi connectivity index (χ2n) is 7.73. The summed E-state index contributed by atoms with van der Waals surface area (Å²) in [6.07, 6.45) is 0.330. The molecule has 2 rings (SSSR count). The fourth-order valence-corrected chi connectivity index (χ4v) is 6.45. The molecule has 0 heterocycles. The summed E-state index contributed by atoms with van der Waals surface area (Å²) in [4.78, 5) is 11.7. The van der Waals surface area contributed by atoms with Crippen LogP contribution < -0.4 is 9.67 Å². The van der Waals surface area contributed by atoms with Gasteiger partial charge in [0.25, 0.3) is 0 Å². The number of carbonyl (C=O) groups excluding carboxylic acids is 1. The quantitative estimate of drug-likeness (QED) is 0.574.